The maximum atomic E-state index is 11.6. The van der Waals surface area contributed by atoms with E-state index in [1.807, 2.05) is 24.4 Å². The molecule has 0 atom stereocenters. The molecular weight excluding hydrogens is 304 g/mol. The van der Waals surface area contributed by atoms with Crippen molar-refractivity contribution in [2.75, 3.05) is 6.54 Å². The highest BCUT2D eigenvalue weighted by molar-refractivity contribution is 9.10. The van der Waals surface area contributed by atoms with E-state index in [0.29, 0.717) is 12.5 Å². The van der Waals surface area contributed by atoms with E-state index < -0.39 is 0 Å². The van der Waals surface area contributed by atoms with Gasteiger partial charge in [0.05, 0.1) is 0 Å². The quantitative estimate of drug-likeness (QED) is 0.854. The first kappa shape index (κ1) is 14.1. The van der Waals surface area contributed by atoms with Gasteiger partial charge in [-0.2, -0.15) is 0 Å². The largest absolute Gasteiger partial charge is 0.338 e. The minimum Gasteiger partial charge on any atom is -0.338 e. The van der Waals surface area contributed by atoms with Gasteiger partial charge in [-0.15, -0.1) is 0 Å². The molecule has 102 valence electrons. The number of amides is 2. The summed E-state index contributed by atoms with van der Waals surface area (Å²) in [4.78, 5) is 11.6. The van der Waals surface area contributed by atoms with Gasteiger partial charge in [0.2, 0.25) is 0 Å². The molecule has 0 saturated heterocycles. The second-order valence-electron chi connectivity index (χ2n) is 4.90. The van der Waals surface area contributed by atoms with Crippen LogP contribution in [0, 0.1) is 5.92 Å². The molecule has 4 heteroatoms. The minimum absolute atomic E-state index is 0.132. The molecule has 0 radical (unpaired) electrons. The van der Waals surface area contributed by atoms with E-state index in [4.69, 9.17) is 0 Å². The van der Waals surface area contributed by atoms with E-state index in [9.17, 15) is 4.79 Å². The van der Waals surface area contributed by atoms with Crippen molar-refractivity contribution < 1.29 is 4.79 Å². The number of hydrogen-bond donors (Lipinski definition) is 2. The van der Waals surface area contributed by atoms with Crippen molar-refractivity contribution in [3.8, 4) is 0 Å². The molecule has 19 heavy (non-hydrogen) atoms. The number of halogens is 1. The van der Waals surface area contributed by atoms with Gasteiger partial charge in [-0.05, 0) is 43.7 Å². The summed E-state index contributed by atoms with van der Waals surface area (Å²) in [5.74, 6) is 0.695. The summed E-state index contributed by atoms with van der Waals surface area (Å²) in [6.07, 6.45) is 5.16. The zero-order valence-electron chi connectivity index (χ0n) is 11.1. The number of carbonyl (C=O) groups is 1. The Morgan fingerprint density at radius 1 is 1.42 bits per heavy atom. The summed E-state index contributed by atoms with van der Waals surface area (Å²) in [7, 11) is 0. The first-order chi connectivity index (χ1) is 9.16. The molecule has 1 aliphatic rings. The van der Waals surface area contributed by atoms with E-state index in [1.54, 1.807) is 0 Å². The zero-order chi connectivity index (χ0) is 13.7. The Balaban J connectivity index is 1.69. The molecule has 1 aliphatic carbocycles. The second-order valence-corrected chi connectivity index (χ2v) is 5.76. The molecule has 0 spiro atoms. The van der Waals surface area contributed by atoms with Crippen LogP contribution in [0.25, 0.3) is 0 Å². The number of benzene rings is 1. The van der Waals surface area contributed by atoms with Gasteiger partial charge in [0.25, 0.3) is 0 Å². The van der Waals surface area contributed by atoms with Gasteiger partial charge in [-0.3, -0.25) is 0 Å². The van der Waals surface area contributed by atoms with Crippen LogP contribution in [0.1, 0.15) is 25.3 Å². The van der Waals surface area contributed by atoms with Crippen molar-refractivity contribution >= 4 is 22.0 Å². The van der Waals surface area contributed by atoms with Crippen LogP contribution in [0.2, 0.25) is 0 Å². The highest BCUT2D eigenvalue weighted by Gasteiger charge is 2.22. The van der Waals surface area contributed by atoms with Gasteiger partial charge in [0, 0.05) is 17.2 Å². The SMILES string of the molecule is C/C(=C\NC(=O)NCCc1ccccc1Br)C1CC1. The lowest BCUT2D eigenvalue weighted by atomic mass is 10.1. The minimum atomic E-state index is -0.132. The van der Waals surface area contributed by atoms with E-state index in [2.05, 4.69) is 39.6 Å². The maximum absolute atomic E-state index is 11.6. The van der Waals surface area contributed by atoms with Crippen molar-refractivity contribution in [2.45, 2.75) is 26.2 Å². The van der Waals surface area contributed by atoms with Crippen molar-refractivity contribution in [2.24, 2.45) is 5.92 Å². The lowest BCUT2D eigenvalue weighted by molar-refractivity contribution is 0.244. The number of carbonyl (C=O) groups excluding carboxylic acids is 1. The first-order valence-electron chi connectivity index (χ1n) is 6.61. The Labute approximate surface area is 122 Å². The van der Waals surface area contributed by atoms with Crippen LogP contribution in [-0.4, -0.2) is 12.6 Å². The number of hydrogen-bond acceptors (Lipinski definition) is 1. The van der Waals surface area contributed by atoms with Crippen LogP contribution in [0.4, 0.5) is 4.79 Å². The van der Waals surface area contributed by atoms with E-state index in [-0.39, 0.29) is 6.03 Å². The van der Waals surface area contributed by atoms with Crippen LogP contribution >= 0.6 is 15.9 Å². The van der Waals surface area contributed by atoms with Crippen LogP contribution in [-0.2, 0) is 6.42 Å². The normalized spacial score (nSPS) is 15.2. The van der Waals surface area contributed by atoms with Gasteiger partial charge in [-0.1, -0.05) is 39.7 Å². The molecule has 0 unspecified atom stereocenters. The fraction of sp³-hybridized carbons (Fsp3) is 0.400. The highest BCUT2D eigenvalue weighted by atomic mass is 79.9. The molecule has 2 rings (SSSR count). The topological polar surface area (TPSA) is 41.1 Å². The highest BCUT2D eigenvalue weighted by Crippen LogP contribution is 2.35. The third-order valence-electron chi connectivity index (χ3n) is 3.29. The van der Waals surface area contributed by atoms with Gasteiger partial charge in [-0.25, -0.2) is 4.79 Å². The summed E-state index contributed by atoms with van der Waals surface area (Å²) in [5, 5.41) is 5.64. The smallest absolute Gasteiger partial charge is 0.318 e. The molecule has 1 saturated carbocycles. The molecule has 0 aromatic heterocycles. The standard InChI is InChI=1S/C15H19BrN2O/c1-11(12-6-7-12)10-18-15(19)17-9-8-13-4-2-3-5-14(13)16/h2-5,10,12H,6-9H2,1H3,(H2,17,18,19)/b11-10+. The fourth-order valence-corrected chi connectivity index (χ4v) is 2.38. The summed E-state index contributed by atoms with van der Waals surface area (Å²) >= 11 is 3.50. The van der Waals surface area contributed by atoms with E-state index in [1.165, 1.54) is 24.0 Å². The Hall–Kier alpha value is -1.29. The number of nitrogens with one attached hydrogen (secondary N) is 2. The molecule has 2 amide bonds. The van der Waals surface area contributed by atoms with Crippen molar-refractivity contribution in [1.29, 1.82) is 0 Å². The molecule has 3 nitrogen and oxygen atoms in total. The van der Waals surface area contributed by atoms with Crippen LogP contribution in [0.15, 0.2) is 40.5 Å². The van der Waals surface area contributed by atoms with Gasteiger partial charge in [0.1, 0.15) is 0 Å². The molecule has 0 heterocycles. The molecular formula is C15H19BrN2O. The van der Waals surface area contributed by atoms with Crippen molar-refractivity contribution in [3.63, 3.8) is 0 Å². The molecule has 0 aliphatic heterocycles. The van der Waals surface area contributed by atoms with Crippen LogP contribution in [0.5, 0.6) is 0 Å². The van der Waals surface area contributed by atoms with Crippen molar-refractivity contribution in [3.05, 3.63) is 46.1 Å². The van der Waals surface area contributed by atoms with Crippen LogP contribution in [0.3, 0.4) is 0 Å². The average molecular weight is 323 g/mol. The Morgan fingerprint density at radius 2 is 2.16 bits per heavy atom. The van der Waals surface area contributed by atoms with E-state index in [0.717, 1.165) is 10.9 Å². The van der Waals surface area contributed by atoms with Crippen LogP contribution < -0.4 is 10.6 Å². The maximum Gasteiger partial charge on any atom is 0.318 e. The van der Waals surface area contributed by atoms with Gasteiger partial charge >= 0.3 is 6.03 Å². The lowest BCUT2D eigenvalue weighted by Gasteiger charge is -2.07. The van der Waals surface area contributed by atoms with Gasteiger partial charge in [0.15, 0.2) is 0 Å². The molecule has 1 aromatic rings. The predicted molar refractivity (Wildman–Crippen MR) is 80.9 cm³/mol. The molecule has 1 aromatic carbocycles. The lowest BCUT2D eigenvalue weighted by Crippen LogP contribution is -2.33. The Bertz CT molecular complexity index is 481. The third-order valence-corrected chi connectivity index (χ3v) is 4.06. The second kappa shape index (κ2) is 6.75. The monoisotopic (exact) mass is 322 g/mol. The number of allylic oxidation sites excluding steroid dienone is 1. The Kier molecular flexibility index (Phi) is 5.02. The Morgan fingerprint density at radius 3 is 2.84 bits per heavy atom. The van der Waals surface area contributed by atoms with Crippen molar-refractivity contribution in [1.82, 2.24) is 10.6 Å². The number of rotatable bonds is 5. The average Bonchev–Trinajstić information content (AvgIpc) is 3.22. The predicted octanol–water partition coefficient (Wildman–Crippen LogP) is 3.60. The fourth-order valence-electron chi connectivity index (χ4n) is 1.90. The summed E-state index contributed by atoms with van der Waals surface area (Å²) in [6, 6.07) is 7.92. The number of urea groups is 1. The summed E-state index contributed by atoms with van der Waals surface area (Å²) in [5.41, 5.74) is 2.47. The third kappa shape index (κ3) is 4.71. The molecule has 1 fully saturated rings. The van der Waals surface area contributed by atoms with Gasteiger partial charge < -0.3 is 10.6 Å². The van der Waals surface area contributed by atoms with E-state index >= 15 is 0 Å². The molecule has 2 N–H and O–H groups in total. The summed E-state index contributed by atoms with van der Waals surface area (Å²) < 4.78 is 1.08. The zero-order valence-corrected chi connectivity index (χ0v) is 12.7. The summed E-state index contributed by atoms with van der Waals surface area (Å²) in [6.45, 7) is 2.70. The molecule has 0 bridgehead atoms. The first-order valence-corrected chi connectivity index (χ1v) is 7.40.